The molecule has 1 aliphatic rings. The lowest BCUT2D eigenvalue weighted by Gasteiger charge is -2.24. The molecule has 0 radical (unpaired) electrons. The lowest BCUT2D eigenvalue weighted by atomic mass is 9.85. The first-order chi connectivity index (χ1) is 6.59. The standard InChI is InChI=1S/C12H14O2/c1-12(2)10(8-11(13)14-12)9-6-4-3-5-7-9/h3-7,10H,8H2,1-2H3/t10-/m0/s1. The number of carbonyl (C=O) groups is 1. The van der Waals surface area contributed by atoms with Crippen LogP contribution in [-0.4, -0.2) is 11.6 Å². The monoisotopic (exact) mass is 190 g/mol. The normalized spacial score (nSPS) is 24.7. The summed E-state index contributed by atoms with van der Waals surface area (Å²) < 4.78 is 5.28. The maximum Gasteiger partial charge on any atom is 0.307 e. The molecule has 2 heteroatoms. The summed E-state index contributed by atoms with van der Waals surface area (Å²) in [5, 5.41) is 0. The van der Waals surface area contributed by atoms with Crippen LogP contribution in [-0.2, 0) is 9.53 Å². The van der Waals surface area contributed by atoms with E-state index in [1.165, 1.54) is 5.56 Å². The SMILES string of the molecule is CC1(C)OC(=O)C[C@H]1c1ccccc1. The second-order valence-electron chi connectivity index (χ2n) is 4.24. The molecule has 0 spiro atoms. The molecule has 74 valence electrons. The van der Waals surface area contributed by atoms with Gasteiger partial charge in [-0.15, -0.1) is 0 Å². The van der Waals surface area contributed by atoms with Crippen LogP contribution >= 0.6 is 0 Å². The maximum atomic E-state index is 11.2. The van der Waals surface area contributed by atoms with Crippen LogP contribution in [0, 0.1) is 0 Å². The van der Waals surface area contributed by atoms with Gasteiger partial charge in [0.1, 0.15) is 5.60 Å². The van der Waals surface area contributed by atoms with Crippen molar-refractivity contribution in [1.82, 2.24) is 0 Å². The van der Waals surface area contributed by atoms with E-state index in [1.807, 2.05) is 44.2 Å². The quantitative estimate of drug-likeness (QED) is 0.636. The Labute approximate surface area is 83.9 Å². The molecule has 2 rings (SSSR count). The van der Waals surface area contributed by atoms with E-state index >= 15 is 0 Å². The van der Waals surface area contributed by atoms with Crippen molar-refractivity contribution in [3.05, 3.63) is 35.9 Å². The van der Waals surface area contributed by atoms with Crippen molar-refractivity contribution in [1.29, 1.82) is 0 Å². The van der Waals surface area contributed by atoms with Crippen LogP contribution in [0.25, 0.3) is 0 Å². The molecule has 0 N–H and O–H groups in total. The molecule has 14 heavy (non-hydrogen) atoms. The minimum atomic E-state index is -0.363. The predicted octanol–water partition coefficient (Wildman–Crippen LogP) is 2.50. The number of hydrogen-bond donors (Lipinski definition) is 0. The summed E-state index contributed by atoms with van der Waals surface area (Å²) in [7, 11) is 0. The summed E-state index contributed by atoms with van der Waals surface area (Å²) >= 11 is 0. The Hall–Kier alpha value is -1.31. The number of carbonyl (C=O) groups excluding carboxylic acids is 1. The Morgan fingerprint density at radius 1 is 1.29 bits per heavy atom. The van der Waals surface area contributed by atoms with Crippen molar-refractivity contribution >= 4 is 5.97 Å². The predicted molar refractivity (Wildman–Crippen MR) is 54.0 cm³/mol. The van der Waals surface area contributed by atoms with Crippen molar-refractivity contribution < 1.29 is 9.53 Å². The van der Waals surface area contributed by atoms with E-state index in [0.29, 0.717) is 6.42 Å². The number of cyclic esters (lactones) is 1. The molecule has 0 aromatic heterocycles. The third kappa shape index (κ3) is 1.52. The molecule has 0 aliphatic carbocycles. The number of hydrogen-bond acceptors (Lipinski definition) is 2. The minimum absolute atomic E-state index is 0.0937. The van der Waals surface area contributed by atoms with E-state index in [0.717, 1.165) is 0 Å². The van der Waals surface area contributed by atoms with Gasteiger partial charge in [-0.25, -0.2) is 0 Å². The number of rotatable bonds is 1. The van der Waals surface area contributed by atoms with Gasteiger partial charge in [-0.2, -0.15) is 0 Å². The number of benzene rings is 1. The Morgan fingerprint density at radius 2 is 1.93 bits per heavy atom. The highest BCUT2D eigenvalue weighted by molar-refractivity contribution is 5.74. The molecular weight excluding hydrogens is 176 g/mol. The summed E-state index contributed by atoms with van der Waals surface area (Å²) in [4.78, 5) is 11.2. The summed E-state index contributed by atoms with van der Waals surface area (Å²) in [5.74, 6) is 0.0973. The molecule has 0 bridgehead atoms. The van der Waals surface area contributed by atoms with Crippen LogP contribution in [0.3, 0.4) is 0 Å². The largest absolute Gasteiger partial charge is 0.459 e. The van der Waals surface area contributed by atoms with Gasteiger partial charge in [0, 0.05) is 5.92 Å². The molecule has 1 aliphatic heterocycles. The average molecular weight is 190 g/mol. The molecule has 1 atom stereocenters. The van der Waals surface area contributed by atoms with E-state index in [4.69, 9.17) is 4.74 Å². The zero-order chi connectivity index (χ0) is 10.2. The molecule has 0 amide bonds. The molecular formula is C12H14O2. The zero-order valence-electron chi connectivity index (χ0n) is 8.49. The van der Waals surface area contributed by atoms with Crippen LogP contribution in [0.2, 0.25) is 0 Å². The van der Waals surface area contributed by atoms with E-state index in [1.54, 1.807) is 0 Å². The maximum absolute atomic E-state index is 11.2. The van der Waals surface area contributed by atoms with Gasteiger partial charge in [-0.05, 0) is 19.4 Å². The van der Waals surface area contributed by atoms with Crippen LogP contribution in [0.1, 0.15) is 31.7 Å². The fraction of sp³-hybridized carbons (Fsp3) is 0.417. The second-order valence-corrected chi connectivity index (χ2v) is 4.24. The Kier molecular flexibility index (Phi) is 2.06. The molecule has 1 aromatic rings. The Bertz CT molecular complexity index is 341. The zero-order valence-corrected chi connectivity index (χ0v) is 8.49. The topological polar surface area (TPSA) is 26.3 Å². The van der Waals surface area contributed by atoms with Crippen molar-refractivity contribution in [2.24, 2.45) is 0 Å². The summed E-state index contributed by atoms with van der Waals surface area (Å²) in [6.45, 7) is 3.94. The summed E-state index contributed by atoms with van der Waals surface area (Å²) in [5.41, 5.74) is 0.821. The van der Waals surface area contributed by atoms with Gasteiger partial charge in [0.05, 0.1) is 6.42 Å². The number of esters is 1. The van der Waals surface area contributed by atoms with Crippen LogP contribution in [0.5, 0.6) is 0 Å². The van der Waals surface area contributed by atoms with Gasteiger partial charge in [0.15, 0.2) is 0 Å². The Morgan fingerprint density at radius 3 is 2.43 bits per heavy atom. The summed E-state index contributed by atoms with van der Waals surface area (Å²) in [6, 6.07) is 10.1. The van der Waals surface area contributed by atoms with Crippen LogP contribution in [0.4, 0.5) is 0 Å². The molecule has 0 unspecified atom stereocenters. The van der Waals surface area contributed by atoms with Gasteiger partial charge >= 0.3 is 5.97 Å². The van der Waals surface area contributed by atoms with E-state index in [-0.39, 0.29) is 17.5 Å². The molecule has 2 nitrogen and oxygen atoms in total. The van der Waals surface area contributed by atoms with Crippen molar-refractivity contribution in [3.63, 3.8) is 0 Å². The van der Waals surface area contributed by atoms with Gasteiger partial charge in [0.2, 0.25) is 0 Å². The highest BCUT2D eigenvalue weighted by atomic mass is 16.6. The highest BCUT2D eigenvalue weighted by Gasteiger charge is 2.42. The summed E-state index contributed by atoms with van der Waals surface area (Å²) in [6.07, 6.45) is 0.497. The smallest absolute Gasteiger partial charge is 0.307 e. The molecule has 1 fully saturated rings. The van der Waals surface area contributed by atoms with Crippen molar-refractivity contribution in [2.75, 3.05) is 0 Å². The third-order valence-electron chi connectivity index (χ3n) is 2.79. The third-order valence-corrected chi connectivity index (χ3v) is 2.79. The van der Waals surface area contributed by atoms with Gasteiger partial charge < -0.3 is 4.74 Å². The fourth-order valence-corrected chi connectivity index (χ4v) is 2.02. The van der Waals surface area contributed by atoms with Gasteiger partial charge in [-0.1, -0.05) is 30.3 Å². The van der Waals surface area contributed by atoms with Gasteiger partial charge in [0.25, 0.3) is 0 Å². The van der Waals surface area contributed by atoms with Crippen LogP contribution in [0.15, 0.2) is 30.3 Å². The van der Waals surface area contributed by atoms with E-state index in [2.05, 4.69) is 0 Å². The highest BCUT2D eigenvalue weighted by Crippen LogP contribution is 2.39. The molecule has 1 aromatic carbocycles. The lowest BCUT2D eigenvalue weighted by Crippen LogP contribution is -2.25. The minimum Gasteiger partial charge on any atom is -0.459 e. The first-order valence-electron chi connectivity index (χ1n) is 4.86. The first-order valence-corrected chi connectivity index (χ1v) is 4.86. The Balaban J connectivity index is 2.32. The van der Waals surface area contributed by atoms with E-state index < -0.39 is 0 Å². The molecule has 0 saturated carbocycles. The average Bonchev–Trinajstić information content (AvgIpc) is 2.41. The van der Waals surface area contributed by atoms with Crippen molar-refractivity contribution in [3.8, 4) is 0 Å². The first kappa shape index (κ1) is 9.25. The lowest BCUT2D eigenvalue weighted by molar-refractivity contribution is -0.146. The van der Waals surface area contributed by atoms with E-state index in [9.17, 15) is 4.79 Å². The van der Waals surface area contributed by atoms with Crippen LogP contribution < -0.4 is 0 Å². The molecule has 1 heterocycles. The van der Waals surface area contributed by atoms with Gasteiger partial charge in [-0.3, -0.25) is 4.79 Å². The second kappa shape index (κ2) is 3.12. The fourth-order valence-electron chi connectivity index (χ4n) is 2.02. The molecule has 1 saturated heterocycles. The number of ether oxygens (including phenoxy) is 1. The van der Waals surface area contributed by atoms with Crippen molar-refractivity contribution in [2.45, 2.75) is 31.8 Å².